The molecule has 1 heterocycles. The fourth-order valence-corrected chi connectivity index (χ4v) is 4.12. The average molecular weight is 290 g/mol. The highest BCUT2D eigenvalue weighted by Crippen LogP contribution is 2.29. The Bertz CT molecular complexity index is 599. The Hall–Kier alpha value is -1.27. The number of aromatic carboxylic acids is 1. The molecular weight excluding hydrogens is 278 g/mol. The molecule has 5 nitrogen and oxygen atoms in total. The molecule has 18 heavy (non-hydrogen) atoms. The van der Waals surface area contributed by atoms with Crippen molar-refractivity contribution in [2.24, 2.45) is 5.92 Å². The molecule has 1 unspecified atom stereocenters. The molecule has 1 N–H and O–H groups in total. The highest BCUT2D eigenvalue weighted by Gasteiger charge is 2.34. The van der Waals surface area contributed by atoms with Crippen molar-refractivity contribution in [3.8, 4) is 0 Å². The second-order valence-corrected chi connectivity index (χ2v) is 6.73. The van der Waals surface area contributed by atoms with E-state index in [-0.39, 0.29) is 22.3 Å². The average Bonchev–Trinajstić information content (AvgIpc) is 2.52. The number of hydrogen-bond donors (Lipinski definition) is 1. The SMILES string of the molecule is CC1CN(c2ccc(Cl)c(C(=O)O)c2)S(=O)(=O)C1. The predicted molar refractivity (Wildman–Crippen MR) is 68.7 cm³/mol. The number of carboxylic acid groups (broad SMARTS) is 1. The van der Waals surface area contributed by atoms with Gasteiger partial charge in [-0.25, -0.2) is 13.2 Å². The van der Waals surface area contributed by atoms with Gasteiger partial charge >= 0.3 is 5.97 Å². The van der Waals surface area contributed by atoms with E-state index in [2.05, 4.69) is 0 Å². The summed E-state index contributed by atoms with van der Waals surface area (Å²) >= 11 is 5.75. The van der Waals surface area contributed by atoms with Crippen molar-refractivity contribution in [3.05, 3.63) is 28.8 Å². The Labute approximate surface area is 110 Å². The lowest BCUT2D eigenvalue weighted by atomic mass is 10.2. The van der Waals surface area contributed by atoms with E-state index in [0.29, 0.717) is 12.2 Å². The van der Waals surface area contributed by atoms with E-state index in [1.807, 2.05) is 6.92 Å². The molecular formula is C11H12ClNO4S. The van der Waals surface area contributed by atoms with Gasteiger partial charge in [0.25, 0.3) is 0 Å². The Morgan fingerprint density at radius 3 is 2.67 bits per heavy atom. The third kappa shape index (κ3) is 2.30. The van der Waals surface area contributed by atoms with Crippen molar-refractivity contribution in [1.82, 2.24) is 0 Å². The minimum absolute atomic E-state index is 0.0268. The number of anilines is 1. The largest absolute Gasteiger partial charge is 0.478 e. The van der Waals surface area contributed by atoms with Crippen LogP contribution < -0.4 is 4.31 Å². The van der Waals surface area contributed by atoms with E-state index in [4.69, 9.17) is 16.7 Å². The zero-order valence-electron chi connectivity index (χ0n) is 9.63. The molecule has 1 saturated heterocycles. The molecule has 0 saturated carbocycles. The summed E-state index contributed by atoms with van der Waals surface area (Å²) in [5.41, 5.74) is 0.255. The zero-order chi connectivity index (χ0) is 13.5. The Balaban J connectivity index is 2.47. The fraction of sp³-hybridized carbons (Fsp3) is 0.364. The third-order valence-electron chi connectivity index (χ3n) is 2.78. The van der Waals surface area contributed by atoms with Crippen LogP contribution in [0.25, 0.3) is 0 Å². The number of benzene rings is 1. The van der Waals surface area contributed by atoms with Crippen LogP contribution in [0.2, 0.25) is 5.02 Å². The van der Waals surface area contributed by atoms with Gasteiger partial charge in [-0.05, 0) is 24.1 Å². The summed E-state index contributed by atoms with van der Waals surface area (Å²) in [5.74, 6) is -1.07. The molecule has 98 valence electrons. The summed E-state index contributed by atoms with van der Waals surface area (Å²) < 4.78 is 25.0. The van der Waals surface area contributed by atoms with Crippen LogP contribution in [0.15, 0.2) is 18.2 Å². The van der Waals surface area contributed by atoms with E-state index >= 15 is 0 Å². The van der Waals surface area contributed by atoms with Crippen molar-refractivity contribution < 1.29 is 18.3 Å². The number of rotatable bonds is 2. The molecule has 1 atom stereocenters. The van der Waals surface area contributed by atoms with Gasteiger partial charge in [-0.15, -0.1) is 0 Å². The van der Waals surface area contributed by atoms with Crippen LogP contribution in [0.3, 0.4) is 0 Å². The van der Waals surface area contributed by atoms with E-state index < -0.39 is 16.0 Å². The van der Waals surface area contributed by atoms with Crippen LogP contribution in [-0.4, -0.2) is 31.8 Å². The lowest BCUT2D eigenvalue weighted by Crippen LogP contribution is -2.25. The van der Waals surface area contributed by atoms with E-state index in [1.165, 1.54) is 22.5 Å². The maximum absolute atomic E-state index is 11.9. The lowest BCUT2D eigenvalue weighted by Gasteiger charge is -2.17. The number of hydrogen-bond acceptors (Lipinski definition) is 3. The van der Waals surface area contributed by atoms with Gasteiger partial charge in [0.05, 0.1) is 22.0 Å². The summed E-state index contributed by atoms with van der Waals surface area (Å²) in [6.07, 6.45) is 0. The summed E-state index contributed by atoms with van der Waals surface area (Å²) in [6, 6.07) is 4.21. The quantitative estimate of drug-likeness (QED) is 0.901. The van der Waals surface area contributed by atoms with Gasteiger partial charge in [0.2, 0.25) is 10.0 Å². The second kappa shape index (κ2) is 4.44. The highest BCUT2D eigenvalue weighted by atomic mass is 35.5. The van der Waals surface area contributed by atoms with Gasteiger partial charge in [0.15, 0.2) is 0 Å². The van der Waals surface area contributed by atoms with Crippen molar-refractivity contribution in [1.29, 1.82) is 0 Å². The number of carboxylic acids is 1. The van der Waals surface area contributed by atoms with Gasteiger partial charge in [-0.2, -0.15) is 0 Å². The van der Waals surface area contributed by atoms with Gasteiger partial charge in [0.1, 0.15) is 0 Å². The molecule has 0 bridgehead atoms. The van der Waals surface area contributed by atoms with Crippen LogP contribution in [0, 0.1) is 5.92 Å². The lowest BCUT2D eigenvalue weighted by molar-refractivity contribution is 0.0697. The summed E-state index contributed by atoms with van der Waals surface area (Å²) in [7, 11) is -3.35. The Morgan fingerprint density at radius 1 is 1.50 bits per heavy atom. The predicted octanol–water partition coefficient (Wildman–Crippen LogP) is 1.82. The van der Waals surface area contributed by atoms with Crippen molar-refractivity contribution in [2.45, 2.75) is 6.92 Å². The molecule has 0 amide bonds. The minimum atomic E-state index is -3.35. The Morgan fingerprint density at radius 2 is 2.17 bits per heavy atom. The summed E-state index contributed by atoms with van der Waals surface area (Å²) in [5, 5.41) is 9.06. The molecule has 0 radical (unpaired) electrons. The van der Waals surface area contributed by atoms with Crippen LogP contribution in [0.5, 0.6) is 0 Å². The number of nitrogens with zero attached hydrogens (tertiary/aromatic N) is 1. The van der Waals surface area contributed by atoms with Gasteiger partial charge in [0, 0.05) is 6.54 Å². The molecule has 1 aliphatic rings. The standard InChI is InChI=1S/C11H12ClNO4S/c1-7-5-13(18(16,17)6-7)8-2-3-10(12)9(4-8)11(14)15/h2-4,7H,5-6H2,1H3,(H,14,15). The van der Waals surface area contributed by atoms with Gasteiger partial charge in [-0.1, -0.05) is 18.5 Å². The van der Waals surface area contributed by atoms with Crippen molar-refractivity contribution in [2.75, 3.05) is 16.6 Å². The van der Waals surface area contributed by atoms with E-state index in [9.17, 15) is 13.2 Å². The van der Waals surface area contributed by atoms with Crippen molar-refractivity contribution in [3.63, 3.8) is 0 Å². The van der Waals surface area contributed by atoms with Crippen LogP contribution in [0.4, 0.5) is 5.69 Å². The smallest absolute Gasteiger partial charge is 0.337 e. The molecule has 0 aliphatic carbocycles. The first-order valence-corrected chi connectivity index (χ1v) is 7.33. The second-order valence-electron chi connectivity index (χ2n) is 4.38. The number of halogens is 1. The highest BCUT2D eigenvalue weighted by molar-refractivity contribution is 7.93. The van der Waals surface area contributed by atoms with Gasteiger partial charge in [-0.3, -0.25) is 4.31 Å². The van der Waals surface area contributed by atoms with Gasteiger partial charge < -0.3 is 5.11 Å². The normalized spacial score (nSPS) is 22.1. The fourth-order valence-electron chi connectivity index (χ4n) is 2.00. The Kier molecular flexibility index (Phi) is 3.25. The van der Waals surface area contributed by atoms with Crippen LogP contribution in [-0.2, 0) is 10.0 Å². The van der Waals surface area contributed by atoms with Crippen molar-refractivity contribution >= 4 is 33.3 Å². The number of carbonyl (C=O) groups is 1. The van der Waals surface area contributed by atoms with Crippen LogP contribution in [0.1, 0.15) is 17.3 Å². The molecule has 2 rings (SSSR count). The molecule has 1 aromatic rings. The molecule has 1 aromatic carbocycles. The van der Waals surface area contributed by atoms with Crippen LogP contribution >= 0.6 is 11.6 Å². The zero-order valence-corrected chi connectivity index (χ0v) is 11.2. The molecule has 0 aromatic heterocycles. The third-order valence-corrected chi connectivity index (χ3v) is 5.13. The minimum Gasteiger partial charge on any atom is -0.478 e. The maximum atomic E-state index is 11.9. The summed E-state index contributed by atoms with van der Waals surface area (Å²) in [6.45, 7) is 2.20. The first-order valence-electron chi connectivity index (χ1n) is 5.34. The maximum Gasteiger partial charge on any atom is 0.337 e. The molecule has 0 spiro atoms. The van der Waals surface area contributed by atoms with E-state index in [0.717, 1.165) is 0 Å². The first-order chi connectivity index (χ1) is 8.31. The first kappa shape index (κ1) is 13.2. The topological polar surface area (TPSA) is 74.7 Å². The van der Waals surface area contributed by atoms with E-state index in [1.54, 1.807) is 0 Å². The summed E-state index contributed by atoms with van der Waals surface area (Å²) in [4.78, 5) is 11.0. The number of sulfonamides is 1. The molecule has 7 heteroatoms. The molecule has 1 fully saturated rings. The monoisotopic (exact) mass is 289 g/mol. The molecule has 1 aliphatic heterocycles.